The first-order valence-corrected chi connectivity index (χ1v) is 6.90. The molecule has 6 heteroatoms. The Balaban J connectivity index is 2.42. The van der Waals surface area contributed by atoms with Crippen LogP contribution in [-0.4, -0.2) is 44.5 Å². The van der Waals surface area contributed by atoms with E-state index in [1.165, 1.54) is 12.1 Å². The molecule has 4 nitrogen and oxygen atoms in total. The second-order valence-corrected chi connectivity index (χ2v) is 5.28. The number of nitrogens with zero attached hydrogens (tertiary/aromatic N) is 1. The van der Waals surface area contributed by atoms with Crippen LogP contribution in [0.15, 0.2) is 22.7 Å². The highest BCUT2D eigenvalue weighted by Gasteiger charge is 2.09. The van der Waals surface area contributed by atoms with Crippen LogP contribution in [0.25, 0.3) is 0 Å². The maximum atomic E-state index is 13.5. The summed E-state index contributed by atoms with van der Waals surface area (Å²) in [5.74, 6) is -0.659. The predicted molar refractivity (Wildman–Crippen MR) is 78.8 cm³/mol. The van der Waals surface area contributed by atoms with Gasteiger partial charge in [-0.15, -0.1) is 0 Å². The maximum absolute atomic E-state index is 13.5. The fourth-order valence-electron chi connectivity index (χ4n) is 1.63. The minimum absolute atomic E-state index is 0.205. The molecule has 0 radical (unpaired) electrons. The van der Waals surface area contributed by atoms with Gasteiger partial charge in [-0.3, -0.25) is 9.69 Å². The van der Waals surface area contributed by atoms with Crippen LogP contribution >= 0.6 is 15.9 Å². The molecule has 0 aromatic heterocycles. The van der Waals surface area contributed by atoms with Crippen molar-refractivity contribution in [1.82, 2.24) is 10.2 Å². The molecule has 0 bridgehead atoms. The summed E-state index contributed by atoms with van der Waals surface area (Å²) >= 11 is 3.17. The molecule has 0 saturated heterocycles. The summed E-state index contributed by atoms with van der Waals surface area (Å²) < 4.78 is 14.2. The highest BCUT2D eigenvalue weighted by Crippen LogP contribution is 2.19. The molecule has 0 atom stereocenters. The average molecular weight is 332 g/mol. The third kappa shape index (κ3) is 6.13. The van der Waals surface area contributed by atoms with Gasteiger partial charge in [0.15, 0.2) is 0 Å². The number of halogens is 2. The quantitative estimate of drug-likeness (QED) is 0.752. The van der Waals surface area contributed by atoms with Gasteiger partial charge >= 0.3 is 0 Å². The summed E-state index contributed by atoms with van der Waals surface area (Å²) in [5.41, 5.74) is 0.205. The molecule has 1 rings (SSSR count). The summed E-state index contributed by atoms with van der Waals surface area (Å²) in [6.07, 6.45) is 0.965. The van der Waals surface area contributed by atoms with Crippen molar-refractivity contribution < 1.29 is 9.18 Å². The van der Waals surface area contributed by atoms with Gasteiger partial charge in [-0.2, -0.15) is 0 Å². The smallest absolute Gasteiger partial charge is 0.238 e. The molecular weight excluding hydrogens is 313 g/mol. The summed E-state index contributed by atoms with van der Waals surface area (Å²) in [5, 5.41) is 5.61. The molecule has 0 spiro atoms. The fourth-order valence-corrected chi connectivity index (χ4v) is 1.96. The van der Waals surface area contributed by atoms with Crippen molar-refractivity contribution in [1.29, 1.82) is 0 Å². The topological polar surface area (TPSA) is 44.4 Å². The largest absolute Gasteiger partial charge is 0.322 e. The zero-order chi connectivity index (χ0) is 14.3. The van der Waals surface area contributed by atoms with Gasteiger partial charge in [0, 0.05) is 4.47 Å². The Morgan fingerprint density at radius 3 is 2.84 bits per heavy atom. The number of hydrogen-bond acceptors (Lipinski definition) is 3. The van der Waals surface area contributed by atoms with Gasteiger partial charge in [-0.25, -0.2) is 4.39 Å². The molecule has 2 N–H and O–H groups in total. The fraction of sp³-hybridized carbons (Fsp3) is 0.462. The van der Waals surface area contributed by atoms with Crippen LogP contribution in [0.1, 0.15) is 6.42 Å². The summed E-state index contributed by atoms with van der Waals surface area (Å²) in [4.78, 5) is 13.7. The normalized spacial score (nSPS) is 10.8. The van der Waals surface area contributed by atoms with E-state index in [-0.39, 0.29) is 18.1 Å². The van der Waals surface area contributed by atoms with E-state index < -0.39 is 5.82 Å². The van der Waals surface area contributed by atoms with Crippen LogP contribution in [-0.2, 0) is 4.79 Å². The van der Waals surface area contributed by atoms with Crippen molar-refractivity contribution in [2.75, 3.05) is 39.0 Å². The van der Waals surface area contributed by atoms with E-state index in [0.717, 1.165) is 19.5 Å². The molecule has 0 fully saturated rings. The number of nitrogens with one attached hydrogen (secondary N) is 2. The second-order valence-electron chi connectivity index (χ2n) is 4.37. The van der Waals surface area contributed by atoms with Gasteiger partial charge in [0.05, 0.1) is 12.2 Å². The number of benzene rings is 1. The van der Waals surface area contributed by atoms with Gasteiger partial charge in [0.1, 0.15) is 5.82 Å². The Labute approximate surface area is 121 Å². The third-order valence-corrected chi connectivity index (χ3v) is 3.08. The molecule has 0 saturated carbocycles. The van der Waals surface area contributed by atoms with E-state index in [2.05, 4.69) is 26.6 Å². The number of hydrogen-bond donors (Lipinski definition) is 2. The summed E-state index contributed by atoms with van der Waals surface area (Å²) in [7, 11) is 3.76. The van der Waals surface area contributed by atoms with Crippen molar-refractivity contribution in [3.63, 3.8) is 0 Å². The lowest BCUT2D eigenvalue weighted by Crippen LogP contribution is -2.32. The second kappa shape index (κ2) is 8.24. The minimum Gasteiger partial charge on any atom is -0.322 e. The highest BCUT2D eigenvalue weighted by atomic mass is 79.9. The van der Waals surface area contributed by atoms with E-state index in [9.17, 15) is 9.18 Å². The molecular formula is C13H19BrFN3O. The number of carbonyl (C=O) groups excluding carboxylic acids is 1. The zero-order valence-corrected chi connectivity index (χ0v) is 12.8. The van der Waals surface area contributed by atoms with Gasteiger partial charge < -0.3 is 10.6 Å². The molecule has 106 valence electrons. The molecule has 0 unspecified atom stereocenters. The molecule has 1 amide bonds. The number of rotatable bonds is 7. The Bertz CT molecular complexity index is 428. The first-order chi connectivity index (χ1) is 9.02. The zero-order valence-electron chi connectivity index (χ0n) is 11.2. The van der Waals surface area contributed by atoms with Crippen molar-refractivity contribution in [3.8, 4) is 0 Å². The van der Waals surface area contributed by atoms with Crippen molar-refractivity contribution >= 4 is 27.5 Å². The van der Waals surface area contributed by atoms with E-state index in [0.29, 0.717) is 4.47 Å². The number of amides is 1. The monoisotopic (exact) mass is 331 g/mol. The number of carbonyl (C=O) groups is 1. The standard InChI is InChI=1S/C13H19BrFN3O/c1-16-6-3-7-18(2)9-13(19)17-12-5-4-10(14)8-11(12)15/h4-5,8,16H,3,6-7,9H2,1-2H3,(H,17,19). The molecule has 1 aromatic carbocycles. The lowest BCUT2D eigenvalue weighted by Gasteiger charge is -2.16. The van der Waals surface area contributed by atoms with Crippen molar-refractivity contribution in [3.05, 3.63) is 28.5 Å². The van der Waals surface area contributed by atoms with Gasteiger partial charge in [-0.1, -0.05) is 15.9 Å². The summed E-state index contributed by atoms with van der Waals surface area (Å²) in [6.45, 7) is 1.98. The van der Waals surface area contributed by atoms with Crippen LogP contribution < -0.4 is 10.6 Å². The molecule has 0 aliphatic carbocycles. The predicted octanol–water partition coefficient (Wildman–Crippen LogP) is 2.07. The first kappa shape index (κ1) is 16.1. The van der Waals surface area contributed by atoms with Crippen LogP contribution in [0, 0.1) is 5.82 Å². The van der Waals surface area contributed by atoms with E-state index in [4.69, 9.17) is 0 Å². The highest BCUT2D eigenvalue weighted by molar-refractivity contribution is 9.10. The number of anilines is 1. The van der Waals surface area contributed by atoms with Crippen LogP contribution in [0.3, 0.4) is 0 Å². The minimum atomic E-state index is -0.444. The first-order valence-electron chi connectivity index (χ1n) is 6.11. The average Bonchev–Trinajstić information content (AvgIpc) is 2.33. The van der Waals surface area contributed by atoms with E-state index in [1.807, 2.05) is 19.0 Å². The molecule has 0 heterocycles. The van der Waals surface area contributed by atoms with E-state index in [1.54, 1.807) is 6.07 Å². The Kier molecular flexibility index (Phi) is 6.97. The third-order valence-electron chi connectivity index (χ3n) is 2.59. The van der Waals surface area contributed by atoms with Gasteiger partial charge in [-0.05, 0) is 51.8 Å². The molecule has 0 aliphatic rings. The van der Waals surface area contributed by atoms with E-state index >= 15 is 0 Å². The Morgan fingerprint density at radius 1 is 1.47 bits per heavy atom. The lowest BCUT2D eigenvalue weighted by atomic mass is 10.3. The van der Waals surface area contributed by atoms with Crippen molar-refractivity contribution in [2.24, 2.45) is 0 Å². The Hall–Kier alpha value is -0.980. The van der Waals surface area contributed by atoms with Crippen LogP contribution in [0.4, 0.5) is 10.1 Å². The molecule has 19 heavy (non-hydrogen) atoms. The van der Waals surface area contributed by atoms with Crippen LogP contribution in [0.5, 0.6) is 0 Å². The molecule has 0 aliphatic heterocycles. The SMILES string of the molecule is CNCCCN(C)CC(=O)Nc1ccc(Br)cc1F. The van der Waals surface area contributed by atoms with Crippen molar-refractivity contribution in [2.45, 2.75) is 6.42 Å². The molecule has 1 aromatic rings. The van der Waals surface area contributed by atoms with Gasteiger partial charge in [0.2, 0.25) is 5.91 Å². The Morgan fingerprint density at radius 2 is 2.21 bits per heavy atom. The van der Waals surface area contributed by atoms with Crippen LogP contribution in [0.2, 0.25) is 0 Å². The maximum Gasteiger partial charge on any atom is 0.238 e. The number of likely N-dealkylation sites (N-methyl/N-ethyl adjacent to an activating group) is 1. The van der Waals surface area contributed by atoms with Gasteiger partial charge in [0.25, 0.3) is 0 Å². The lowest BCUT2D eigenvalue weighted by molar-refractivity contribution is -0.117. The summed E-state index contributed by atoms with van der Waals surface area (Å²) in [6, 6.07) is 4.56.